The zero-order chi connectivity index (χ0) is 14.0. The number of rotatable bonds is 4. The molecule has 102 valence electrons. The minimum atomic E-state index is -0.326. The van der Waals surface area contributed by atoms with Crippen molar-refractivity contribution in [3.05, 3.63) is 56.8 Å². The largest absolute Gasteiger partial charge is 0.468 e. The standard InChI is InChI=1S/C13H17N3O3/c1-9(11-5-4-6-19-11)14-7-10-8-15(2)13(18)16(3)12(10)17/h4-6,8-9,14H,7H2,1-3H3. The van der Waals surface area contributed by atoms with E-state index in [1.165, 1.54) is 11.6 Å². The molecule has 0 fully saturated rings. The summed E-state index contributed by atoms with van der Waals surface area (Å²) in [6.45, 7) is 2.33. The molecule has 6 heteroatoms. The molecule has 1 N–H and O–H groups in total. The Bertz CT molecular complexity index is 667. The van der Waals surface area contributed by atoms with Crippen LogP contribution in [0.25, 0.3) is 0 Å². The van der Waals surface area contributed by atoms with Crippen LogP contribution in [0.15, 0.2) is 38.6 Å². The molecule has 0 aliphatic carbocycles. The summed E-state index contributed by atoms with van der Waals surface area (Å²) in [5, 5.41) is 3.19. The van der Waals surface area contributed by atoms with E-state index < -0.39 is 0 Å². The van der Waals surface area contributed by atoms with E-state index in [-0.39, 0.29) is 17.3 Å². The van der Waals surface area contributed by atoms with Gasteiger partial charge in [-0.15, -0.1) is 0 Å². The average Bonchev–Trinajstić information content (AvgIpc) is 2.92. The third kappa shape index (κ3) is 2.68. The first-order valence-electron chi connectivity index (χ1n) is 6.03. The van der Waals surface area contributed by atoms with Crippen LogP contribution in [-0.4, -0.2) is 9.13 Å². The molecular formula is C13H17N3O3. The molecule has 2 aromatic rings. The number of hydrogen-bond acceptors (Lipinski definition) is 4. The van der Waals surface area contributed by atoms with E-state index in [2.05, 4.69) is 5.32 Å². The van der Waals surface area contributed by atoms with Gasteiger partial charge in [-0.1, -0.05) is 0 Å². The zero-order valence-electron chi connectivity index (χ0n) is 11.2. The fourth-order valence-corrected chi connectivity index (χ4v) is 1.91. The first-order valence-corrected chi connectivity index (χ1v) is 6.03. The van der Waals surface area contributed by atoms with Crippen molar-refractivity contribution in [2.24, 2.45) is 14.1 Å². The van der Waals surface area contributed by atoms with Crippen LogP contribution >= 0.6 is 0 Å². The average molecular weight is 263 g/mol. The molecule has 0 aliphatic heterocycles. The monoisotopic (exact) mass is 263 g/mol. The Morgan fingerprint density at radius 3 is 2.74 bits per heavy atom. The molecule has 0 aliphatic rings. The van der Waals surface area contributed by atoms with E-state index >= 15 is 0 Å². The highest BCUT2D eigenvalue weighted by atomic mass is 16.3. The summed E-state index contributed by atoms with van der Waals surface area (Å²) in [5.41, 5.74) is -0.0573. The number of furan rings is 1. The van der Waals surface area contributed by atoms with E-state index in [1.54, 1.807) is 19.5 Å². The maximum atomic E-state index is 11.9. The molecule has 0 spiro atoms. The van der Waals surface area contributed by atoms with Crippen LogP contribution in [0.3, 0.4) is 0 Å². The molecule has 1 atom stereocenters. The van der Waals surface area contributed by atoms with Gasteiger partial charge in [0.1, 0.15) is 5.76 Å². The van der Waals surface area contributed by atoms with Gasteiger partial charge in [-0.25, -0.2) is 4.79 Å². The fourth-order valence-electron chi connectivity index (χ4n) is 1.91. The molecule has 2 aromatic heterocycles. The molecule has 0 bridgehead atoms. The van der Waals surface area contributed by atoms with Gasteiger partial charge in [0.25, 0.3) is 5.56 Å². The number of nitrogens with one attached hydrogen (secondary N) is 1. The second kappa shape index (κ2) is 5.27. The van der Waals surface area contributed by atoms with Crippen LogP contribution in [0.2, 0.25) is 0 Å². The maximum Gasteiger partial charge on any atom is 0.330 e. The Kier molecular flexibility index (Phi) is 3.71. The lowest BCUT2D eigenvalue weighted by molar-refractivity contribution is 0.428. The lowest BCUT2D eigenvalue weighted by Gasteiger charge is -2.12. The van der Waals surface area contributed by atoms with E-state index in [4.69, 9.17) is 4.42 Å². The van der Waals surface area contributed by atoms with Gasteiger partial charge in [-0.3, -0.25) is 9.36 Å². The van der Waals surface area contributed by atoms with Crippen molar-refractivity contribution in [1.82, 2.24) is 14.5 Å². The molecule has 0 radical (unpaired) electrons. The quantitative estimate of drug-likeness (QED) is 0.873. The summed E-state index contributed by atoms with van der Waals surface area (Å²) in [7, 11) is 3.10. The molecule has 19 heavy (non-hydrogen) atoms. The van der Waals surface area contributed by atoms with Gasteiger partial charge >= 0.3 is 5.69 Å². The summed E-state index contributed by atoms with van der Waals surface area (Å²) in [5.74, 6) is 0.807. The SMILES string of the molecule is CC(NCc1cn(C)c(=O)n(C)c1=O)c1ccco1. The number of nitrogens with zero attached hydrogens (tertiary/aromatic N) is 2. The third-order valence-electron chi connectivity index (χ3n) is 3.09. The number of hydrogen-bond donors (Lipinski definition) is 1. The number of aryl methyl sites for hydroxylation is 1. The van der Waals surface area contributed by atoms with Gasteiger partial charge < -0.3 is 14.3 Å². The highest BCUT2D eigenvalue weighted by Crippen LogP contribution is 2.12. The van der Waals surface area contributed by atoms with E-state index in [0.717, 1.165) is 10.3 Å². The van der Waals surface area contributed by atoms with Gasteiger partial charge in [0.15, 0.2) is 0 Å². The highest BCUT2D eigenvalue weighted by Gasteiger charge is 2.10. The van der Waals surface area contributed by atoms with Crippen molar-refractivity contribution < 1.29 is 4.42 Å². The Hall–Kier alpha value is -2.08. The molecule has 0 amide bonds. The van der Waals surface area contributed by atoms with Crippen LogP contribution in [0.5, 0.6) is 0 Å². The highest BCUT2D eigenvalue weighted by molar-refractivity contribution is 5.07. The Labute approximate surface area is 110 Å². The summed E-state index contributed by atoms with van der Waals surface area (Å²) >= 11 is 0. The maximum absolute atomic E-state index is 11.9. The molecule has 0 saturated heterocycles. The smallest absolute Gasteiger partial charge is 0.330 e. The van der Waals surface area contributed by atoms with Crippen LogP contribution in [0, 0.1) is 0 Å². The topological polar surface area (TPSA) is 69.2 Å². The predicted molar refractivity (Wildman–Crippen MR) is 70.9 cm³/mol. The first-order chi connectivity index (χ1) is 9.00. The third-order valence-corrected chi connectivity index (χ3v) is 3.09. The number of aromatic nitrogens is 2. The van der Waals surface area contributed by atoms with E-state index in [1.807, 2.05) is 19.1 Å². The summed E-state index contributed by atoms with van der Waals surface area (Å²) in [4.78, 5) is 23.5. The zero-order valence-corrected chi connectivity index (χ0v) is 11.2. The van der Waals surface area contributed by atoms with Gasteiger partial charge in [0.2, 0.25) is 0 Å². The normalized spacial score (nSPS) is 12.6. The van der Waals surface area contributed by atoms with Crippen molar-refractivity contribution in [1.29, 1.82) is 0 Å². The van der Waals surface area contributed by atoms with Crippen molar-refractivity contribution in [3.63, 3.8) is 0 Å². The van der Waals surface area contributed by atoms with Gasteiger partial charge in [-0.2, -0.15) is 0 Å². The van der Waals surface area contributed by atoms with Crippen LogP contribution in [-0.2, 0) is 20.6 Å². The minimum Gasteiger partial charge on any atom is -0.468 e. The van der Waals surface area contributed by atoms with Crippen LogP contribution < -0.4 is 16.6 Å². The van der Waals surface area contributed by atoms with Crippen LogP contribution in [0.4, 0.5) is 0 Å². The van der Waals surface area contributed by atoms with Crippen LogP contribution in [0.1, 0.15) is 24.3 Å². The summed E-state index contributed by atoms with van der Waals surface area (Å²) < 4.78 is 7.78. The first kappa shape index (κ1) is 13.4. The summed E-state index contributed by atoms with van der Waals surface area (Å²) in [6.07, 6.45) is 3.17. The molecule has 1 unspecified atom stereocenters. The van der Waals surface area contributed by atoms with Gasteiger partial charge in [0, 0.05) is 32.4 Å². The molecule has 0 aromatic carbocycles. The van der Waals surface area contributed by atoms with Crippen molar-refractivity contribution in [3.8, 4) is 0 Å². The Balaban J connectivity index is 2.17. The molecule has 0 saturated carbocycles. The molecular weight excluding hydrogens is 246 g/mol. The van der Waals surface area contributed by atoms with E-state index in [9.17, 15) is 9.59 Å². The second-order valence-electron chi connectivity index (χ2n) is 4.53. The predicted octanol–water partition coefficient (Wildman–Crippen LogP) is 0.528. The Morgan fingerprint density at radius 2 is 2.11 bits per heavy atom. The minimum absolute atomic E-state index is 0.00283. The van der Waals surface area contributed by atoms with Gasteiger partial charge in [-0.05, 0) is 19.1 Å². The van der Waals surface area contributed by atoms with Crippen molar-refractivity contribution in [2.75, 3.05) is 0 Å². The molecule has 2 rings (SSSR count). The fraction of sp³-hybridized carbons (Fsp3) is 0.385. The molecule has 6 nitrogen and oxygen atoms in total. The lowest BCUT2D eigenvalue weighted by atomic mass is 10.2. The van der Waals surface area contributed by atoms with E-state index in [0.29, 0.717) is 12.1 Å². The summed E-state index contributed by atoms with van der Waals surface area (Å²) in [6, 6.07) is 3.69. The second-order valence-corrected chi connectivity index (χ2v) is 4.53. The Morgan fingerprint density at radius 1 is 1.37 bits per heavy atom. The van der Waals surface area contributed by atoms with Gasteiger partial charge in [0.05, 0.1) is 12.3 Å². The lowest BCUT2D eigenvalue weighted by Crippen LogP contribution is -2.39. The van der Waals surface area contributed by atoms with Crippen molar-refractivity contribution >= 4 is 0 Å². The molecule has 2 heterocycles. The van der Waals surface area contributed by atoms with Crippen molar-refractivity contribution in [2.45, 2.75) is 19.5 Å².